The molecule has 4 aliphatic rings. The smallest absolute Gasteiger partial charge is 0.232 e. The first-order valence-electron chi connectivity index (χ1n) is 11.2. The molecule has 6 rings (SSSR count). The molecule has 1 aliphatic heterocycles. The summed E-state index contributed by atoms with van der Waals surface area (Å²) in [4.78, 5) is 17.0. The van der Waals surface area contributed by atoms with Crippen molar-refractivity contribution < 1.29 is 13.2 Å². The summed E-state index contributed by atoms with van der Waals surface area (Å²) >= 11 is 0. The number of nitrogens with one attached hydrogen (secondary N) is 2. The lowest BCUT2D eigenvalue weighted by atomic mass is 9.76. The number of H-pyrrole nitrogens is 1. The molecule has 1 amide bonds. The van der Waals surface area contributed by atoms with Crippen molar-refractivity contribution in [2.45, 2.75) is 44.4 Å². The Hall–Kier alpha value is -3.12. The maximum atomic E-state index is 13.2. The van der Waals surface area contributed by atoms with Gasteiger partial charge in [0.2, 0.25) is 16.2 Å². The first-order chi connectivity index (χ1) is 15.6. The molecule has 162 valence electrons. The molecule has 2 unspecified atom stereocenters. The Bertz CT molecular complexity index is 1380. The van der Waals surface area contributed by atoms with E-state index in [4.69, 9.17) is 0 Å². The van der Waals surface area contributed by atoms with Crippen LogP contribution in [0.2, 0.25) is 0 Å². The van der Waals surface area contributed by atoms with Gasteiger partial charge in [-0.2, -0.15) is 8.42 Å². The standard InChI is InChI=1S/C26H24N2O3S/c29-26-25(21-13-18(32(30)31)9-10-23(21)28-26)24-16(11-15-5-1-2-7-20(15)24)12-17-14-27-22-8-4-3-6-19(17)22/h1-2,5,7,9-11,14,24-25,27H,3-4,6,8,12-13H2,(H,28,29). The Morgan fingerprint density at radius 1 is 1.03 bits per heavy atom. The molecule has 0 radical (unpaired) electrons. The van der Waals surface area contributed by atoms with E-state index in [1.807, 2.05) is 12.1 Å². The van der Waals surface area contributed by atoms with Crippen molar-refractivity contribution in [3.05, 3.63) is 87.4 Å². The summed E-state index contributed by atoms with van der Waals surface area (Å²) in [6.07, 6.45) is 13.5. The average molecular weight is 445 g/mol. The van der Waals surface area contributed by atoms with Gasteiger partial charge in [0.1, 0.15) is 0 Å². The summed E-state index contributed by atoms with van der Waals surface area (Å²) in [5.74, 6) is -0.514. The van der Waals surface area contributed by atoms with Gasteiger partial charge in [-0.25, -0.2) is 0 Å². The number of hydrogen-bond acceptors (Lipinski definition) is 3. The van der Waals surface area contributed by atoms with E-state index in [0.29, 0.717) is 4.86 Å². The number of amides is 1. The predicted molar refractivity (Wildman–Crippen MR) is 125 cm³/mol. The fourth-order valence-corrected chi connectivity index (χ4v) is 6.34. The third-order valence-corrected chi connectivity index (χ3v) is 8.06. The SMILES string of the molecule is O=C1NC2=C(CC(=S(=O)=O)C=C2)C1C1C(Cc2c[nH]c3c2CCCC3)=Cc2ccccc21. The Labute approximate surface area is 188 Å². The van der Waals surface area contributed by atoms with Crippen molar-refractivity contribution in [2.75, 3.05) is 0 Å². The zero-order valence-electron chi connectivity index (χ0n) is 17.6. The molecule has 2 N–H and O–H groups in total. The van der Waals surface area contributed by atoms with Crippen LogP contribution in [0, 0.1) is 5.92 Å². The number of aromatic nitrogens is 1. The fraction of sp³-hybridized carbons (Fsp3) is 0.308. The normalized spacial score (nSPS) is 23.6. The zero-order chi connectivity index (χ0) is 21.8. The number of fused-ring (bicyclic) bond motifs is 2. The van der Waals surface area contributed by atoms with Crippen LogP contribution in [-0.2, 0) is 34.4 Å². The summed E-state index contributed by atoms with van der Waals surface area (Å²) in [6, 6.07) is 8.27. The van der Waals surface area contributed by atoms with E-state index in [2.05, 4.69) is 34.7 Å². The molecule has 3 aliphatic carbocycles. The van der Waals surface area contributed by atoms with Crippen LogP contribution >= 0.6 is 0 Å². The molecular formula is C26H24N2O3S. The second-order valence-corrected chi connectivity index (χ2v) is 10.1. The lowest BCUT2D eigenvalue weighted by Crippen LogP contribution is -2.27. The van der Waals surface area contributed by atoms with Crippen molar-refractivity contribution in [1.82, 2.24) is 10.3 Å². The van der Waals surface area contributed by atoms with Crippen molar-refractivity contribution in [2.24, 2.45) is 5.92 Å². The minimum Gasteiger partial charge on any atom is -0.364 e. The molecule has 32 heavy (non-hydrogen) atoms. The molecule has 0 saturated carbocycles. The van der Waals surface area contributed by atoms with Gasteiger partial charge in [0.05, 0.1) is 10.8 Å². The first kappa shape index (κ1) is 19.6. The Morgan fingerprint density at radius 3 is 2.75 bits per heavy atom. The van der Waals surface area contributed by atoms with Crippen molar-refractivity contribution in [1.29, 1.82) is 0 Å². The first-order valence-corrected chi connectivity index (χ1v) is 12.3. The minimum absolute atomic E-state index is 0.0405. The minimum atomic E-state index is -2.28. The molecule has 0 spiro atoms. The van der Waals surface area contributed by atoms with Gasteiger partial charge >= 0.3 is 0 Å². The molecule has 0 fully saturated rings. The second kappa shape index (κ2) is 7.48. The molecule has 0 bridgehead atoms. The van der Waals surface area contributed by atoms with Crippen molar-refractivity contribution >= 4 is 27.1 Å². The van der Waals surface area contributed by atoms with Crippen LogP contribution in [0.3, 0.4) is 0 Å². The lowest BCUT2D eigenvalue weighted by Gasteiger charge is -2.25. The van der Waals surface area contributed by atoms with E-state index in [0.717, 1.165) is 41.7 Å². The van der Waals surface area contributed by atoms with Gasteiger partial charge in [-0.15, -0.1) is 0 Å². The van der Waals surface area contributed by atoms with E-state index in [9.17, 15) is 13.2 Å². The number of carbonyl (C=O) groups is 1. The number of allylic oxidation sites excluding steroid dienone is 3. The summed E-state index contributed by atoms with van der Waals surface area (Å²) in [7, 11) is -2.28. The topological polar surface area (TPSA) is 79.0 Å². The highest BCUT2D eigenvalue weighted by molar-refractivity contribution is 7.73. The molecular weight excluding hydrogens is 420 g/mol. The van der Waals surface area contributed by atoms with Gasteiger partial charge in [0.15, 0.2) is 0 Å². The number of benzene rings is 1. The van der Waals surface area contributed by atoms with Crippen LogP contribution in [0.5, 0.6) is 0 Å². The van der Waals surface area contributed by atoms with E-state index < -0.39 is 16.2 Å². The molecule has 2 atom stereocenters. The number of hydrogen-bond donors (Lipinski definition) is 2. The van der Waals surface area contributed by atoms with Gasteiger partial charge < -0.3 is 10.3 Å². The van der Waals surface area contributed by atoms with E-state index in [-0.39, 0.29) is 18.2 Å². The van der Waals surface area contributed by atoms with E-state index in [1.165, 1.54) is 35.2 Å². The summed E-state index contributed by atoms with van der Waals surface area (Å²) in [6.45, 7) is 0. The van der Waals surface area contributed by atoms with Crippen LogP contribution in [0.25, 0.3) is 6.08 Å². The Balaban J connectivity index is 1.42. The fourth-order valence-electron chi connectivity index (χ4n) is 5.89. The largest absolute Gasteiger partial charge is 0.364 e. The third-order valence-electron chi connectivity index (χ3n) is 7.35. The van der Waals surface area contributed by atoms with Gasteiger partial charge in [0, 0.05) is 29.9 Å². The Kier molecular flexibility index (Phi) is 4.57. The van der Waals surface area contributed by atoms with Gasteiger partial charge in [-0.3, -0.25) is 4.79 Å². The summed E-state index contributed by atoms with van der Waals surface area (Å²) in [5, 5.41) is 3.01. The van der Waals surface area contributed by atoms with Crippen LogP contribution in [-0.4, -0.2) is 24.2 Å². The molecule has 5 nitrogen and oxygen atoms in total. The number of carbonyl (C=O) groups excluding carboxylic acids is 1. The lowest BCUT2D eigenvalue weighted by molar-refractivity contribution is -0.122. The quantitative estimate of drug-likeness (QED) is 0.710. The molecule has 1 aromatic carbocycles. The molecule has 2 heterocycles. The molecule has 2 aromatic rings. The predicted octanol–water partition coefficient (Wildman–Crippen LogP) is 3.63. The highest BCUT2D eigenvalue weighted by Gasteiger charge is 2.44. The van der Waals surface area contributed by atoms with Gasteiger partial charge in [-0.05, 0) is 72.1 Å². The number of aryl methyl sites for hydroxylation is 1. The van der Waals surface area contributed by atoms with Crippen LogP contribution in [0.4, 0.5) is 0 Å². The molecule has 1 aromatic heterocycles. The van der Waals surface area contributed by atoms with Crippen molar-refractivity contribution in [3.63, 3.8) is 0 Å². The van der Waals surface area contributed by atoms with Crippen LogP contribution in [0.1, 0.15) is 53.1 Å². The van der Waals surface area contributed by atoms with E-state index >= 15 is 0 Å². The third kappa shape index (κ3) is 3.05. The summed E-state index contributed by atoms with van der Waals surface area (Å²) in [5.41, 5.74) is 9.32. The Morgan fingerprint density at radius 2 is 1.88 bits per heavy atom. The maximum Gasteiger partial charge on any atom is 0.232 e. The number of aromatic amines is 1. The summed E-state index contributed by atoms with van der Waals surface area (Å²) < 4.78 is 23.3. The van der Waals surface area contributed by atoms with Gasteiger partial charge in [0.25, 0.3) is 0 Å². The highest BCUT2D eigenvalue weighted by atomic mass is 32.2. The van der Waals surface area contributed by atoms with Crippen LogP contribution < -0.4 is 5.32 Å². The molecule has 6 heteroatoms. The number of rotatable bonds is 3. The second-order valence-electron chi connectivity index (χ2n) is 9.10. The molecule has 0 saturated heterocycles. The van der Waals surface area contributed by atoms with Gasteiger partial charge in [-0.1, -0.05) is 35.9 Å². The highest BCUT2D eigenvalue weighted by Crippen LogP contribution is 2.48. The average Bonchev–Trinajstić information content (AvgIpc) is 3.46. The van der Waals surface area contributed by atoms with Crippen LogP contribution in [0.15, 0.2) is 59.5 Å². The maximum absolute atomic E-state index is 13.2. The monoisotopic (exact) mass is 444 g/mol. The van der Waals surface area contributed by atoms with E-state index in [1.54, 1.807) is 12.2 Å². The zero-order valence-corrected chi connectivity index (χ0v) is 18.5. The van der Waals surface area contributed by atoms with Crippen molar-refractivity contribution in [3.8, 4) is 0 Å².